The lowest BCUT2D eigenvalue weighted by molar-refractivity contribution is -0.154. The van der Waals surface area contributed by atoms with Gasteiger partial charge in [0.05, 0.1) is 16.7 Å². The normalized spacial score (nSPS) is 16.0. The Morgan fingerprint density at radius 1 is 0.867 bits per heavy atom. The first-order valence-corrected chi connectivity index (χ1v) is 21.9. The molecule has 0 aromatic heterocycles. The third-order valence-corrected chi connectivity index (χ3v) is 10.8. The number of unbranched alkanes of at least 4 members (excludes halogenated alkanes) is 2. The van der Waals surface area contributed by atoms with Gasteiger partial charge < -0.3 is 37.1 Å². The van der Waals surface area contributed by atoms with Gasteiger partial charge in [0.15, 0.2) is 5.78 Å². The number of Topliss-reactive ketones (excluding diaryl/α,β-unsaturated/α-hetero) is 1. The lowest BCUT2D eigenvalue weighted by Gasteiger charge is -2.29. The minimum absolute atomic E-state index is 0.0623. The summed E-state index contributed by atoms with van der Waals surface area (Å²) in [6.07, 6.45) is 2.20. The maximum atomic E-state index is 13.6. The second-order valence-electron chi connectivity index (χ2n) is 18.0. The topological polar surface area (TPSA) is 235 Å². The van der Waals surface area contributed by atoms with E-state index in [2.05, 4.69) is 26.6 Å². The van der Waals surface area contributed by atoms with Crippen molar-refractivity contribution in [1.29, 1.82) is 0 Å². The Hall–Kier alpha value is -4.51. The molecule has 1 fully saturated rings. The molecular weight excluding hydrogens is 791 g/mol. The summed E-state index contributed by atoms with van der Waals surface area (Å²) in [5.74, 6) is -2.32. The molecule has 1 aromatic carbocycles. The number of benzene rings is 1. The van der Waals surface area contributed by atoms with E-state index in [9.17, 15) is 38.4 Å². The lowest BCUT2D eigenvalue weighted by Crippen LogP contribution is -2.54. The predicted molar refractivity (Wildman–Crippen MR) is 232 cm³/mol. The second-order valence-corrected chi connectivity index (χ2v) is 19.3. The first kappa shape index (κ1) is 51.6. The molecule has 1 heterocycles. The number of nitrogens with zero attached hydrogens (tertiary/aromatic N) is 1. The summed E-state index contributed by atoms with van der Waals surface area (Å²) >= 11 is 1.33. The van der Waals surface area contributed by atoms with Gasteiger partial charge in [-0.1, -0.05) is 46.2 Å². The van der Waals surface area contributed by atoms with Crippen LogP contribution in [0.5, 0.6) is 0 Å². The van der Waals surface area contributed by atoms with E-state index in [4.69, 9.17) is 10.5 Å². The van der Waals surface area contributed by atoms with Crippen LogP contribution in [0.25, 0.3) is 0 Å². The number of carbonyl (C=O) groups is 8. The van der Waals surface area contributed by atoms with Crippen molar-refractivity contribution in [2.75, 3.05) is 24.2 Å². The van der Waals surface area contributed by atoms with Gasteiger partial charge in [-0.25, -0.2) is 4.79 Å². The Bertz CT molecular complexity index is 1650. The summed E-state index contributed by atoms with van der Waals surface area (Å²) in [5.41, 5.74) is 5.41. The van der Waals surface area contributed by atoms with Crippen LogP contribution in [0.2, 0.25) is 0 Å². The fourth-order valence-corrected chi connectivity index (χ4v) is 7.39. The van der Waals surface area contributed by atoms with E-state index in [0.717, 1.165) is 5.56 Å². The van der Waals surface area contributed by atoms with E-state index in [0.29, 0.717) is 37.1 Å². The zero-order chi connectivity index (χ0) is 45.4. The third-order valence-electron chi connectivity index (χ3n) is 9.54. The van der Waals surface area contributed by atoms with Gasteiger partial charge in [-0.3, -0.25) is 38.5 Å². The predicted octanol–water partition coefficient (Wildman–Crippen LogP) is 4.19. The Morgan fingerprint density at radius 2 is 1.52 bits per heavy atom. The Labute approximate surface area is 359 Å². The molecule has 1 saturated heterocycles. The number of carbonyl (C=O) groups excluding carboxylic acids is 8. The van der Waals surface area contributed by atoms with Crippen molar-refractivity contribution in [1.82, 2.24) is 26.2 Å². The molecule has 7 amide bonds. The molecule has 2 rings (SSSR count). The number of urea groups is 1. The molecule has 0 aliphatic carbocycles. The van der Waals surface area contributed by atoms with Gasteiger partial charge in [-0.2, -0.15) is 0 Å². The van der Waals surface area contributed by atoms with Crippen LogP contribution in [0.1, 0.15) is 120 Å². The summed E-state index contributed by atoms with van der Waals surface area (Å²) in [4.78, 5) is 103. The number of likely N-dealkylation sites (tertiary alicyclic amines) is 1. The Balaban J connectivity index is 1.92. The summed E-state index contributed by atoms with van der Waals surface area (Å²) in [7, 11) is 0. The molecule has 1 aliphatic rings. The average molecular weight is 860 g/mol. The number of thioether (sulfide) groups is 1. The number of ether oxygens (including phenoxy) is 1. The number of ketones is 1. The molecular formula is C43H69N7O9S. The summed E-state index contributed by atoms with van der Waals surface area (Å²) in [6, 6.07) is 3.61. The SMILES string of the molecule is CC(C)C(=O)[C@H](CSC1CC(=O)N(CCCCCC(=O)N[C@H](C(=O)N[C@@H](CCCNC(N)=O)C(=O)Nc2ccc(COC(=O)C(C)(C)C)cc2)C(C)C)C1=O)NC(C)(C)C. The van der Waals surface area contributed by atoms with Crippen LogP contribution in [0, 0.1) is 17.3 Å². The molecule has 1 unspecified atom stereocenters. The number of imide groups is 1. The number of amides is 7. The molecule has 0 spiro atoms. The first-order chi connectivity index (χ1) is 27.9. The molecule has 1 aromatic rings. The van der Waals surface area contributed by atoms with Crippen LogP contribution >= 0.6 is 11.8 Å². The van der Waals surface area contributed by atoms with Gasteiger partial charge in [0.1, 0.15) is 18.7 Å². The standard InChI is InChI=1S/C43H69N7O9S/c1-26(2)35(38(55)47-30(15-14-21-45-41(44)58)37(54)46-29-19-17-28(18-20-29)24-59-40(57)42(5,6)7)48-33(51)16-12-11-13-22-50-34(52)23-32(39(50)56)60-25-31(36(53)27(3)4)49-43(8,9)10/h17-20,26-27,30-32,35,49H,11-16,21-25H2,1-10H3,(H,46,54)(H,47,55)(H,48,51)(H3,44,45,58)/t30-,31-,32?,35-/m0/s1. The van der Waals surface area contributed by atoms with Crippen LogP contribution in [0.3, 0.4) is 0 Å². The monoisotopic (exact) mass is 859 g/mol. The van der Waals surface area contributed by atoms with Crippen LogP contribution in [-0.2, 0) is 44.9 Å². The molecule has 0 saturated carbocycles. The highest BCUT2D eigenvalue weighted by Crippen LogP contribution is 2.27. The maximum Gasteiger partial charge on any atom is 0.312 e. The number of esters is 1. The minimum atomic E-state index is -1.02. The van der Waals surface area contributed by atoms with Crippen molar-refractivity contribution >= 4 is 64.8 Å². The van der Waals surface area contributed by atoms with Crippen LogP contribution in [0.4, 0.5) is 10.5 Å². The number of primary amides is 1. The van der Waals surface area contributed by atoms with E-state index < -0.39 is 46.6 Å². The van der Waals surface area contributed by atoms with E-state index in [1.54, 1.807) is 58.9 Å². The zero-order valence-electron chi connectivity index (χ0n) is 37.2. The highest BCUT2D eigenvalue weighted by atomic mass is 32.2. The minimum Gasteiger partial charge on any atom is -0.460 e. The molecule has 7 N–H and O–H groups in total. The van der Waals surface area contributed by atoms with E-state index in [1.165, 1.54) is 16.7 Å². The van der Waals surface area contributed by atoms with Crippen molar-refractivity contribution in [3.05, 3.63) is 29.8 Å². The smallest absolute Gasteiger partial charge is 0.312 e. The highest BCUT2D eigenvalue weighted by molar-refractivity contribution is 8.00. The molecule has 0 bridgehead atoms. The molecule has 336 valence electrons. The van der Waals surface area contributed by atoms with Gasteiger partial charge in [0.25, 0.3) is 0 Å². The maximum absolute atomic E-state index is 13.6. The summed E-state index contributed by atoms with van der Waals surface area (Å²) < 4.78 is 5.35. The van der Waals surface area contributed by atoms with E-state index in [-0.39, 0.29) is 85.8 Å². The highest BCUT2D eigenvalue weighted by Gasteiger charge is 2.39. The Morgan fingerprint density at radius 3 is 2.08 bits per heavy atom. The van der Waals surface area contributed by atoms with Crippen molar-refractivity contribution in [3.8, 4) is 0 Å². The van der Waals surface area contributed by atoms with Gasteiger partial charge in [-0.15, -0.1) is 11.8 Å². The number of nitrogens with one attached hydrogen (secondary N) is 5. The Kier molecular flexibility index (Phi) is 20.7. The lowest BCUT2D eigenvalue weighted by atomic mass is 9.97. The number of anilines is 1. The van der Waals surface area contributed by atoms with Gasteiger partial charge >= 0.3 is 12.0 Å². The van der Waals surface area contributed by atoms with Crippen molar-refractivity contribution < 1.29 is 43.1 Å². The summed E-state index contributed by atoms with van der Waals surface area (Å²) in [5, 5.41) is 13.6. The number of hydrogen-bond donors (Lipinski definition) is 6. The zero-order valence-corrected chi connectivity index (χ0v) is 38.0. The molecule has 60 heavy (non-hydrogen) atoms. The molecule has 4 atom stereocenters. The van der Waals surface area contributed by atoms with Gasteiger partial charge in [0.2, 0.25) is 29.5 Å². The number of nitrogens with two attached hydrogens (primary N) is 1. The largest absolute Gasteiger partial charge is 0.460 e. The fourth-order valence-electron chi connectivity index (χ4n) is 6.19. The van der Waals surface area contributed by atoms with Gasteiger partial charge in [0, 0.05) is 48.8 Å². The van der Waals surface area contributed by atoms with Crippen LogP contribution < -0.4 is 32.3 Å². The van der Waals surface area contributed by atoms with Crippen molar-refractivity contribution in [3.63, 3.8) is 0 Å². The quantitative estimate of drug-likeness (QED) is 0.0490. The fraction of sp³-hybridized carbons (Fsp3) is 0.674. The second kappa shape index (κ2) is 24.1. The van der Waals surface area contributed by atoms with E-state index >= 15 is 0 Å². The van der Waals surface area contributed by atoms with E-state index in [1.807, 2.05) is 34.6 Å². The molecule has 0 radical (unpaired) electrons. The molecule has 16 nitrogen and oxygen atoms in total. The van der Waals surface area contributed by atoms with Crippen molar-refractivity contribution in [2.45, 2.75) is 150 Å². The van der Waals surface area contributed by atoms with Gasteiger partial charge in [-0.05, 0) is 90.8 Å². The van der Waals surface area contributed by atoms with Crippen LogP contribution in [0.15, 0.2) is 24.3 Å². The van der Waals surface area contributed by atoms with Crippen LogP contribution in [-0.4, -0.2) is 100.0 Å². The first-order valence-electron chi connectivity index (χ1n) is 20.9. The van der Waals surface area contributed by atoms with Crippen molar-refractivity contribution in [2.24, 2.45) is 23.0 Å². The molecule has 17 heteroatoms. The summed E-state index contributed by atoms with van der Waals surface area (Å²) in [6.45, 7) is 18.9. The number of hydrogen-bond acceptors (Lipinski definition) is 11. The third kappa shape index (κ3) is 18.4. The number of rotatable bonds is 24. The average Bonchev–Trinajstić information content (AvgIpc) is 3.42. The molecule has 1 aliphatic heterocycles.